The van der Waals surface area contributed by atoms with E-state index in [-0.39, 0.29) is 5.56 Å². The molecule has 0 unspecified atom stereocenters. The molecule has 0 saturated carbocycles. The summed E-state index contributed by atoms with van der Waals surface area (Å²) in [6.45, 7) is 2.75. The second-order valence-electron chi connectivity index (χ2n) is 4.61. The van der Waals surface area contributed by atoms with Crippen LogP contribution in [0.1, 0.15) is 22.8 Å². The van der Waals surface area contributed by atoms with Gasteiger partial charge in [0.15, 0.2) is 0 Å². The summed E-state index contributed by atoms with van der Waals surface area (Å²) in [4.78, 5) is 17.7. The molecule has 2 rings (SSSR count). The van der Waals surface area contributed by atoms with Gasteiger partial charge >= 0.3 is 0 Å². The molecular weight excluding hydrogens is 274 g/mol. The van der Waals surface area contributed by atoms with Crippen molar-refractivity contribution < 1.29 is 13.6 Å². The molecular formula is C16H16F2N2O. The fraction of sp³-hybridized carbons (Fsp3) is 0.250. The molecule has 0 N–H and O–H groups in total. The average molecular weight is 290 g/mol. The molecule has 0 bridgehead atoms. The van der Waals surface area contributed by atoms with E-state index in [0.717, 1.165) is 17.7 Å². The Bertz CT molecular complexity index is 617. The average Bonchev–Trinajstić information content (AvgIpc) is 2.48. The van der Waals surface area contributed by atoms with E-state index in [2.05, 4.69) is 4.98 Å². The van der Waals surface area contributed by atoms with Gasteiger partial charge in [0.1, 0.15) is 11.6 Å². The minimum Gasteiger partial charge on any atom is -0.339 e. The monoisotopic (exact) mass is 290 g/mol. The zero-order chi connectivity index (χ0) is 15.2. The topological polar surface area (TPSA) is 33.2 Å². The Morgan fingerprint density at radius 1 is 1.19 bits per heavy atom. The molecule has 5 heteroatoms. The van der Waals surface area contributed by atoms with Crippen LogP contribution in [0.25, 0.3) is 0 Å². The summed E-state index contributed by atoms with van der Waals surface area (Å²) in [7, 11) is 0. The number of amides is 1. The summed E-state index contributed by atoms with van der Waals surface area (Å²) >= 11 is 0. The van der Waals surface area contributed by atoms with Gasteiger partial charge in [-0.15, -0.1) is 0 Å². The smallest absolute Gasteiger partial charge is 0.256 e. The maximum absolute atomic E-state index is 13.7. The Labute approximate surface area is 122 Å². The van der Waals surface area contributed by atoms with Crippen LogP contribution in [0.5, 0.6) is 0 Å². The minimum absolute atomic E-state index is 0.104. The van der Waals surface area contributed by atoms with Crippen LogP contribution in [0.4, 0.5) is 8.78 Å². The minimum atomic E-state index is -0.831. The maximum atomic E-state index is 13.7. The van der Waals surface area contributed by atoms with Crippen molar-refractivity contribution in [1.82, 2.24) is 9.88 Å². The highest BCUT2D eigenvalue weighted by Gasteiger charge is 2.18. The van der Waals surface area contributed by atoms with E-state index < -0.39 is 17.5 Å². The molecule has 0 aliphatic rings. The molecule has 0 fully saturated rings. The predicted octanol–water partition coefficient (Wildman–Crippen LogP) is 3.06. The van der Waals surface area contributed by atoms with Gasteiger partial charge in [0.05, 0.1) is 5.56 Å². The fourth-order valence-corrected chi connectivity index (χ4v) is 2.05. The highest BCUT2D eigenvalue weighted by molar-refractivity contribution is 5.94. The number of halogens is 2. The summed E-state index contributed by atoms with van der Waals surface area (Å²) < 4.78 is 26.6. The molecule has 110 valence electrons. The third-order valence-electron chi connectivity index (χ3n) is 3.25. The zero-order valence-corrected chi connectivity index (χ0v) is 11.7. The molecule has 0 atom stereocenters. The molecule has 1 aromatic carbocycles. The van der Waals surface area contributed by atoms with Crippen molar-refractivity contribution >= 4 is 5.91 Å². The van der Waals surface area contributed by atoms with Gasteiger partial charge in [-0.05, 0) is 43.2 Å². The summed E-state index contributed by atoms with van der Waals surface area (Å²) in [5.41, 5.74) is 0.948. The van der Waals surface area contributed by atoms with Gasteiger partial charge in [0, 0.05) is 31.5 Å². The molecule has 21 heavy (non-hydrogen) atoms. The number of likely N-dealkylation sites (N-methyl/N-ethyl adjacent to an activating group) is 1. The van der Waals surface area contributed by atoms with Crippen molar-refractivity contribution in [2.24, 2.45) is 0 Å². The summed E-state index contributed by atoms with van der Waals surface area (Å²) in [6, 6.07) is 6.74. The van der Waals surface area contributed by atoms with Gasteiger partial charge in [-0.3, -0.25) is 9.78 Å². The van der Waals surface area contributed by atoms with Crippen LogP contribution in [0.2, 0.25) is 0 Å². The van der Waals surface area contributed by atoms with Crippen LogP contribution < -0.4 is 0 Å². The Morgan fingerprint density at radius 3 is 2.52 bits per heavy atom. The van der Waals surface area contributed by atoms with Crippen molar-refractivity contribution in [3.63, 3.8) is 0 Å². The normalized spacial score (nSPS) is 10.4. The quantitative estimate of drug-likeness (QED) is 0.848. The van der Waals surface area contributed by atoms with Crippen molar-refractivity contribution in [2.45, 2.75) is 13.3 Å². The van der Waals surface area contributed by atoms with E-state index in [1.165, 1.54) is 11.0 Å². The molecule has 0 aliphatic heterocycles. The molecule has 3 nitrogen and oxygen atoms in total. The summed E-state index contributed by atoms with van der Waals surface area (Å²) in [6.07, 6.45) is 4.03. The Morgan fingerprint density at radius 2 is 1.90 bits per heavy atom. The number of pyridine rings is 1. The Balaban J connectivity index is 2.08. The molecule has 0 spiro atoms. The van der Waals surface area contributed by atoms with Crippen molar-refractivity contribution in [2.75, 3.05) is 13.1 Å². The van der Waals surface area contributed by atoms with Crippen LogP contribution in [-0.4, -0.2) is 28.9 Å². The largest absolute Gasteiger partial charge is 0.339 e. The number of rotatable bonds is 5. The van der Waals surface area contributed by atoms with Gasteiger partial charge in [-0.2, -0.15) is 0 Å². The van der Waals surface area contributed by atoms with Crippen LogP contribution >= 0.6 is 0 Å². The van der Waals surface area contributed by atoms with Crippen molar-refractivity contribution in [1.29, 1.82) is 0 Å². The molecule has 1 amide bonds. The number of carbonyl (C=O) groups excluding carboxylic acids is 1. The van der Waals surface area contributed by atoms with Gasteiger partial charge in [-0.1, -0.05) is 0 Å². The van der Waals surface area contributed by atoms with E-state index in [1.54, 1.807) is 12.4 Å². The van der Waals surface area contributed by atoms with Gasteiger partial charge in [-0.25, -0.2) is 8.78 Å². The molecule has 0 radical (unpaired) electrons. The predicted molar refractivity (Wildman–Crippen MR) is 75.9 cm³/mol. The second-order valence-corrected chi connectivity index (χ2v) is 4.61. The van der Waals surface area contributed by atoms with Gasteiger partial charge in [0.25, 0.3) is 5.91 Å². The third kappa shape index (κ3) is 3.84. The summed E-state index contributed by atoms with van der Waals surface area (Å²) in [5, 5.41) is 0. The lowest BCUT2D eigenvalue weighted by molar-refractivity contribution is 0.0761. The maximum Gasteiger partial charge on any atom is 0.256 e. The molecule has 0 saturated heterocycles. The Kier molecular flexibility index (Phi) is 4.98. The number of hydrogen-bond acceptors (Lipinski definition) is 2. The SMILES string of the molecule is CCN(CCc1ccncc1)C(=O)c1ccc(F)cc1F. The van der Waals surface area contributed by atoms with E-state index in [9.17, 15) is 13.6 Å². The first-order valence-electron chi connectivity index (χ1n) is 6.75. The lowest BCUT2D eigenvalue weighted by Gasteiger charge is -2.21. The fourth-order valence-electron chi connectivity index (χ4n) is 2.05. The highest BCUT2D eigenvalue weighted by atomic mass is 19.1. The van der Waals surface area contributed by atoms with Crippen molar-refractivity contribution in [3.8, 4) is 0 Å². The van der Waals surface area contributed by atoms with Crippen LogP contribution in [0, 0.1) is 11.6 Å². The van der Waals surface area contributed by atoms with E-state index in [4.69, 9.17) is 0 Å². The van der Waals surface area contributed by atoms with Crippen LogP contribution in [0.3, 0.4) is 0 Å². The number of hydrogen-bond donors (Lipinski definition) is 0. The lowest BCUT2D eigenvalue weighted by atomic mass is 10.1. The van der Waals surface area contributed by atoms with Gasteiger partial charge < -0.3 is 4.90 Å². The first-order valence-corrected chi connectivity index (χ1v) is 6.75. The van der Waals surface area contributed by atoms with E-state index in [1.807, 2.05) is 19.1 Å². The Hall–Kier alpha value is -2.30. The zero-order valence-electron chi connectivity index (χ0n) is 11.7. The van der Waals surface area contributed by atoms with Crippen LogP contribution in [0.15, 0.2) is 42.7 Å². The van der Waals surface area contributed by atoms with Crippen molar-refractivity contribution in [3.05, 3.63) is 65.5 Å². The molecule has 0 aliphatic carbocycles. The van der Waals surface area contributed by atoms with Crippen LogP contribution in [-0.2, 0) is 6.42 Å². The second kappa shape index (κ2) is 6.92. The third-order valence-corrected chi connectivity index (χ3v) is 3.25. The standard InChI is InChI=1S/C16H16F2N2O/c1-2-20(10-7-12-5-8-19-9-6-12)16(21)14-4-3-13(17)11-15(14)18/h3-6,8-9,11H,2,7,10H2,1H3. The number of benzene rings is 1. The first kappa shape index (κ1) is 15.1. The number of nitrogens with zero attached hydrogens (tertiary/aromatic N) is 2. The summed E-state index contributed by atoms with van der Waals surface area (Å²) in [5.74, 6) is -1.95. The first-order chi connectivity index (χ1) is 10.1. The van der Waals surface area contributed by atoms with E-state index >= 15 is 0 Å². The van der Waals surface area contributed by atoms with E-state index in [0.29, 0.717) is 19.5 Å². The molecule has 1 aromatic heterocycles. The molecule has 2 aromatic rings. The number of aromatic nitrogens is 1. The number of carbonyl (C=O) groups is 1. The van der Waals surface area contributed by atoms with Gasteiger partial charge in [0.2, 0.25) is 0 Å². The molecule has 1 heterocycles. The lowest BCUT2D eigenvalue weighted by Crippen LogP contribution is -2.33. The highest BCUT2D eigenvalue weighted by Crippen LogP contribution is 2.13.